The summed E-state index contributed by atoms with van der Waals surface area (Å²) in [5.74, 6) is 0. The minimum absolute atomic E-state index is 0.294. The summed E-state index contributed by atoms with van der Waals surface area (Å²) in [6, 6.07) is -0.321. The molecule has 0 fully saturated rings. The first-order valence-corrected chi connectivity index (χ1v) is 3.71. The standard InChI is InChI=1S/C6H11ClF3N/c1-4(7)5(2)11-3-6(8,9)10/h4-5,11H,3H2,1-2H3. The molecule has 0 aromatic heterocycles. The fourth-order valence-electron chi connectivity index (χ4n) is 0.439. The Hall–Kier alpha value is 0.0400. The highest BCUT2D eigenvalue weighted by atomic mass is 35.5. The number of hydrogen-bond donors (Lipinski definition) is 1. The second kappa shape index (κ2) is 4.16. The summed E-state index contributed by atoms with van der Waals surface area (Å²) in [6.45, 7) is 2.28. The molecule has 11 heavy (non-hydrogen) atoms. The Balaban J connectivity index is 3.54. The lowest BCUT2D eigenvalue weighted by Crippen LogP contribution is -2.39. The second-order valence-corrected chi connectivity index (χ2v) is 3.15. The Morgan fingerprint density at radius 2 is 1.82 bits per heavy atom. The summed E-state index contributed by atoms with van der Waals surface area (Å²) in [5, 5.41) is 1.97. The molecule has 0 aliphatic rings. The number of halogens is 4. The molecule has 0 aliphatic heterocycles. The molecule has 0 spiro atoms. The van der Waals surface area contributed by atoms with E-state index in [4.69, 9.17) is 11.6 Å². The van der Waals surface area contributed by atoms with Crippen molar-refractivity contribution < 1.29 is 13.2 Å². The molecule has 0 aliphatic carbocycles. The van der Waals surface area contributed by atoms with Crippen LogP contribution in [0.1, 0.15) is 13.8 Å². The van der Waals surface area contributed by atoms with Gasteiger partial charge >= 0.3 is 6.18 Å². The first-order valence-electron chi connectivity index (χ1n) is 3.27. The fraction of sp³-hybridized carbons (Fsp3) is 1.00. The summed E-state index contributed by atoms with van der Waals surface area (Å²) in [5.41, 5.74) is 0. The van der Waals surface area contributed by atoms with Crippen LogP contribution in [0.25, 0.3) is 0 Å². The predicted octanol–water partition coefficient (Wildman–Crippen LogP) is 2.15. The minimum atomic E-state index is -4.15. The maximum atomic E-state index is 11.6. The van der Waals surface area contributed by atoms with Crippen molar-refractivity contribution >= 4 is 11.6 Å². The van der Waals surface area contributed by atoms with E-state index in [1.807, 2.05) is 0 Å². The lowest BCUT2D eigenvalue weighted by Gasteiger charge is -2.16. The van der Waals surface area contributed by atoms with Gasteiger partial charge in [0.25, 0.3) is 0 Å². The monoisotopic (exact) mass is 189 g/mol. The van der Waals surface area contributed by atoms with Gasteiger partial charge < -0.3 is 5.32 Å². The summed E-state index contributed by atoms with van der Waals surface area (Å²) in [4.78, 5) is 0. The number of hydrogen-bond acceptors (Lipinski definition) is 1. The van der Waals surface area contributed by atoms with Gasteiger partial charge in [-0.25, -0.2) is 0 Å². The average molecular weight is 190 g/mol. The molecule has 5 heteroatoms. The molecule has 2 atom stereocenters. The van der Waals surface area contributed by atoms with Gasteiger partial charge in [-0.2, -0.15) is 13.2 Å². The van der Waals surface area contributed by atoms with Crippen molar-refractivity contribution in [2.45, 2.75) is 31.4 Å². The van der Waals surface area contributed by atoms with E-state index in [2.05, 4.69) is 5.32 Å². The summed E-state index contributed by atoms with van der Waals surface area (Å²) >= 11 is 5.53. The molecule has 0 saturated carbocycles. The molecule has 0 aromatic carbocycles. The topological polar surface area (TPSA) is 12.0 Å². The third-order valence-corrected chi connectivity index (χ3v) is 1.69. The van der Waals surface area contributed by atoms with Gasteiger partial charge in [0.2, 0.25) is 0 Å². The van der Waals surface area contributed by atoms with Crippen molar-refractivity contribution in [1.29, 1.82) is 0 Å². The lowest BCUT2D eigenvalue weighted by molar-refractivity contribution is -0.126. The highest BCUT2D eigenvalue weighted by molar-refractivity contribution is 6.20. The molecule has 1 N–H and O–H groups in total. The Bertz CT molecular complexity index is 113. The first-order chi connectivity index (χ1) is 4.83. The lowest BCUT2D eigenvalue weighted by atomic mass is 10.2. The van der Waals surface area contributed by atoms with Crippen LogP contribution in [-0.2, 0) is 0 Å². The van der Waals surface area contributed by atoms with E-state index in [1.165, 1.54) is 0 Å². The van der Waals surface area contributed by atoms with E-state index >= 15 is 0 Å². The van der Waals surface area contributed by atoms with E-state index in [1.54, 1.807) is 13.8 Å². The smallest absolute Gasteiger partial charge is 0.305 e. The highest BCUT2D eigenvalue weighted by Gasteiger charge is 2.27. The molecule has 2 unspecified atom stereocenters. The van der Waals surface area contributed by atoms with Crippen LogP contribution in [0.15, 0.2) is 0 Å². The van der Waals surface area contributed by atoms with Crippen molar-refractivity contribution in [3.63, 3.8) is 0 Å². The summed E-state index contributed by atoms with van der Waals surface area (Å²) in [7, 11) is 0. The molecule has 1 nitrogen and oxygen atoms in total. The largest absolute Gasteiger partial charge is 0.401 e. The van der Waals surface area contributed by atoms with Crippen molar-refractivity contribution in [1.82, 2.24) is 5.32 Å². The SMILES string of the molecule is CC(Cl)C(C)NCC(F)(F)F. The molecule has 0 aromatic rings. The molecule has 68 valence electrons. The van der Waals surface area contributed by atoms with Crippen LogP contribution in [0.5, 0.6) is 0 Å². The maximum absolute atomic E-state index is 11.6. The quantitative estimate of drug-likeness (QED) is 0.671. The number of alkyl halides is 4. The van der Waals surface area contributed by atoms with Crippen molar-refractivity contribution in [2.75, 3.05) is 6.54 Å². The average Bonchev–Trinajstić information content (AvgIpc) is 1.80. The van der Waals surface area contributed by atoms with Crippen LogP contribution in [0, 0.1) is 0 Å². The van der Waals surface area contributed by atoms with Crippen LogP contribution in [0.4, 0.5) is 13.2 Å². The number of rotatable bonds is 3. The van der Waals surface area contributed by atoms with Crippen LogP contribution < -0.4 is 5.32 Å². The van der Waals surface area contributed by atoms with Gasteiger partial charge in [0, 0.05) is 11.4 Å². The highest BCUT2D eigenvalue weighted by Crippen LogP contribution is 2.13. The van der Waals surface area contributed by atoms with E-state index in [-0.39, 0.29) is 11.4 Å². The summed E-state index contributed by atoms with van der Waals surface area (Å²) in [6.07, 6.45) is -4.15. The first kappa shape index (κ1) is 11.0. The molecule has 0 rings (SSSR count). The van der Waals surface area contributed by atoms with E-state index < -0.39 is 12.7 Å². The minimum Gasteiger partial charge on any atom is -0.305 e. The Labute approximate surface area is 68.9 Å². The molecule has 0 bridgehead atoms. The Morgan fingerprint density at radius 3 is 2.09 bits per heavy atom. The zero-order chi connectivity index (χ0) is 9.07. The van der Waals surface area contributed by atoms with Gasteiger partial charge in [-0.05, 0) is 13.8 Å². The van der Waals surface area contributed by atoms with Gasteiger partial charge in [0.05, 0.1) is 6.54 Å². The molecule has 0 saturated heterocycles. The van der Waals surface area contributed by atoms with Crippen molar-refractivity contribution in [3.05, 3.63) is 0 Å². The number of nitrogens with one attached hydrogen (secondary N) is 1. The zero-order valence-electron chi connectivity index (χ0n) is 6.37. The zero-order valence-corrected chi connectivity index (χ0v) is 7.13. The van der Waals surface area contributed by atoms with E-state index in [9.17, 15) is 13.2 Å². The van der Waals surface area contributed by atoms with E-state index in [0.29, 0.717) is 0 Å². The van der Waals surface area contributed by atoms with Gasteiger partial charge in [-0.3, -0.25) is 0 Å². The third-order valence-electron chi connectivity index (χ3n) is 1.31. The van der Waals surface area contributed by atoms with E-state index in [0.717, 1.165) is 0 Å². The van der Waals surface area contributed by atoms with Crippen LogP contribution in [0.3, 0.4) is 0 Å². The van der Waals surface area contributed by atoms with Gasteiger partial charge in [-0.15, -0.1) is 11.6 Å². The van der Waals surface area contributed by atoms with Crippen molar-refractivity contribution in [2.24, 2.45) is 0 Å². The molecular formula is C6H11ClF3N. The van der Waals surface area contributed by atoms with Gasteiger partial charge in [0.1, 0.15) is 0 Å². The van der Waals surface area contributed by atoms with Crippen molar-refractivity contribution in [3.8, 4) is 0 Å². The maximum Gasteiger partial charge on any atom is 0.401 e. The molecule has 0 amide bonds. The van der Waals surface area contributed by atoms with Crippen LogP contribution in [-0.4, -0.2) is 24.1 Å². The second-order valence-electron chi connectivity index (χ2n) is 2.46. The van der Waals surface area contributed by atoms with Crippen LogP contribution in [0.2, 0.25) is 0 Å². The Kier molecular flexibility index (Phi) is 4.18. The van der Waals surface area contributed by atoms with Crippen LogP contribution >= 0.6 is 11.6 Å². The van der Waals surface area contributed by atoms with Gasteiger partial charge in [-0.1, -0.05) is 0 Å². The van der Waals surface area contributed by atoms with Gasteiger partial charge in [0.15, 0.2) is 0 Å². The predicted molar refractivity (Wildman–Crippen MR) is 38.8 cm³/mol. The Morgan fingerprint density at radius 1 is 1.36 bits per heavy atom. The normalized spacial score (nSPS) is 18.0. The third kappa shape index (κ3) is 6.44. The molecule has 0 heterocycles. The molecule has 0 radical (unpaired) electrons. The molecular weight excluding hydrogens is 179 g/mol. The fourth-order valence-corrected chi connectivity index (χ4v) is 0.528. The summed E-state index contributed by atoms with van der Waals surface area (Å²) < 4.78 is 34.7.